The summed E-state index contributed by atoms with van der Waals surface area (Å²) < 4.78 is 10.9. The quantitative estimate of drug-likeness (QED) is 0.765. The molecule has 96 valence electrons. The molecular formula is C12H21N3O2. The van der Waals surface area contributed by atoms with Gasteiger partial charge in [0.25, 0.3) is 0 Å². The van der Waals surface area contributed by atoms with E-state index >= 15 is 0 Å². The molecule has 0 atom stereocenters. The molecule has 0 spiro atoms. The maximum absolute atomic E-state index is 5.79. The molecule has 0 aliphatic rings. The molecule has 1 aromatic heterocycles. The summed E-state index contributed by atoms with van der Waals surface area (Å²) in [4.78, 5) is 8.46. The maximum Gasteiger partial charge on any atom is 0.221 e. The predicted molar refractivity (Wildman–Crippen MR) is 67.1 cm³/mol. The second-order valence-corrected chi connectivity index (χ2v) is 4.08. The second-order valence-electron chi connectivity index (χ2n) is 4.08. The van der Waals surface area contributed by atoms with Crippen molar-refractivity contribution >= 4 is 5.82 Å². The molecule has 5 heteroatoms. The second kappa shape index (κ2) is 6.39. The number of nitrogens with two attached hydrogens (primary N) is 1. The molecule has 0 aliphatic heterocycles. The molecule has 0 saturated carbocycles. The number of aromatic nitrogens is 2. The minimum atomic E-state index is 0.210. The van der Waals surface area contributed by atoms with Gasteiger partial charge in [0.1, 0.15) is 18.2 Å². The van der Waals surface area contributed by atoms with Crippen molar-refractivity contribution in [1.29, 1.82) is 0 Å². The van der Waals surface area contributed by atoms with Crippen LogP contribution >= 0.6 is 0 Å². The minimum absolute atomic E-state index is 0.210. The van der Waals surface area contributed by atoms with Crippen molar-refractivity contribution in [3.8, 4) is 5.88 Å². The number of nitrogens with zero attached hydrogens (tertiary/aromatic N) is 2. The first kappa shape index (κ1) is 13.7. The number of aryl methyl sites for hydroxylation is 1. The van der Waals surface area contributed by atoms with E-state index in [0.29, 0.717) is 30.7 Å². The minimum Gasteiger partial charge on any atom is -0.475 e. The lowest BCUT2D eigenvalue weighted by molar-refractivity contribution is 0.0540. The Kier molecular flexibility index (Phi) is 5.15. The van der Waals surface area contributed by atoms with Gasteiger partial charge < -0.3 is 15.2 Å². The summed E-state index contributed by atoms with van der Waals surface area (Å²) in [6.07, 6.45) is 0.949. The molecule has 0 aliphatic carbocycles. The van der Waals surface area contributed by atoms with Gasteiger partial charge in [-0.15, -0.1) is 0 Å². The maximum atomic E-state index is 5.79. The van der Waals surface area contributed by atoms with Crippen molar-refractivity contribution in [2.24, 2.45) is 0 Å². The molecule has 1 aromatic rings. The highest BCUT2D eigenvalue weighted by atomic mass is 16.5. The zero-order chi connectivity index (χ0) is 12.8. The van der Waals surface area contributed by atoms with Crippen LogP contribution in [0.3, 0.4) is 0 Å². The molecular weight excluding hydrogens is 218 g/mol. The van der Waals surface area contributed by atoms with E-state index in [1.807, 2.05) is 27.7 Å². The van der Waals surface area contributed by atoms with E-state index in [4.69, 9.17) is 15.2 Å². The lowest BCUT2D eigenvalue weighted by Gasteiger charge is -2.12. The fourth-order valence-electron chi connectivity index (χ4n) is 1.28. The Morgan fingerprint density at radius 3 is 2.53 bits per heavy atom. The summed E-state index contributed by atoms with van der Waals surface area (Å²) in [7, 11) is 0. The van der Waals surface area contributed by atoms with Gasteiger partial charge in [-0.2, -0.15) is 4.98 Å². The van der Waals surface area contributed by atoms with E-state index in [9.17, 15) is 0 Å². The topological polar surface area (TPSA) is 70.3 Å². The van der Waals surface area contributed by atoms with Crippen LogP contribution in [0.1, 0.15) is 32.2 Å². The van der Waals surface area contributed by atoms with Crippen LogP contribution < -0.4 is 10.5 Å². The molecule has 17 heavy (non-hydrogen) atoms. The zero-order valence-electron chi connectivity index (χ0n) is 11.0. The predicted octanol–water partition coefficient (Wildman–Crippen LogP) is 1.73. The van der Waals surface area contributed by atoms with Crippen molar-refractivity contribution in [3.63, 3.8) is 0 Å². The summed E-state index contributed by atoms with van der Waals surface area (Å²) in [6.45, 7) is 8.83. The number of hydrogen-bond donors (Lipinski definition) is 1. The van der Waals surface area contributed by atoms with Gasteiger partial charge in [0.05, 0.1) is 18.3 Å². The summed E-state index contributed by atoms with van der Waals surface area (Å²) in [5.41, 5.74) is 6.57. The smallest absolute Gasteiger partial charge is 0.221 e. The Bertz CT molecular complexity index is 367. The third kappa shape index (κ3) is 4.19. The van der Waals surface area contributed by atoms with Crippen molar-refractivity contribution in [3.05, 3.63) is 11.4 Å². The standard InChI is InChI=1S/C12H21N3O2/c1-5-10-14-11(13)9(4)12(15-10)17-7-6-16-8(2)3/h8H,5-7H2,1-4H3,(H2,13,14,15). The van der Waals surface area contributed by atoms with Gasteiger partial charge in [0, 0.05) is 6.42 Å². The highest BCUT2D eigenvalue weighted by molar-refractivity contribution is 5.44. The molecule has 1 heterocycles. The highest BCUT2D eigenvalue weighted by Gasteiger charge is 2.08. The molecule has 0 saturated heterocycles. The van der Waals surface area contributed by atoms with Crippen LogP contribution in [-0.2, 0) is 11.2 Å². The van der Waals surface area contributed by atoms with Crippen LogP contribution in [0.5, 0.6) is 5.88 Å². The summed E-state index contributed by atoms with van der Waals surface area (Å²) in [5.74, 6) is 1.74. The Labute approximate surface area is 102 Å². The SMILES string of the molecule is CCc1nc(N)c(C)c(OCCOC(C)C)n1. The molecule has 0 fully saturated rings. The first-order chi connectivity index (χ1) is 8.04. The summed E-state index contributed by atoms with van der Waals surface area (Å²) in [5, 5.41) is 0. The average molecular weight is 239 g/mol. The van der Waals surface area contributed by atoms with E-state index in [2.05, 4.69) is 9.97 Å². The third-order valence-corrected chi connectivity index (χ3v) is 2.27. The van der Waals surface area contributed by atoms with Crippen molar-refractivity contribution in [2.45, 2.75) is 40.2 Å². The molecule has 1 rings (SSSR count). The van der Waals surface area contributed by atoms with E-state index in [0.717, 1.165) is 12.0 Å². The van der Waals surface area contributed by atoms with E-state index in [-0.39, 0.29) is 6.10 Å². The van der Waals surface area contributed by atoms with Crippen molar-refractivity contribution < 1.29 is 9.47 Å². The number of anilines is 1. The van der Waals surface area contributed by atoms with E-state index in [1.54, 1.807) is 0 Å². The fourth-order valence-corrected chi connectivity index (χ4v) is 1.28. The van der Waals surface area contributed by atoms with Gasteiger partial charge in [-0.3, -0.25) is 0 Å². The Balaban J connectivity index is 2.60. The van der Waals surface area contributed by atoms with Crippen LogP contribution in [0.25, 0.3) is 0 Å². The van der Waals surface area contributed by atoms with Crippen LogP contribution in [0.4, 0.5) is 5.82 Å². The van der Waals surface area contributed by atoms with E-state index < -0.39 is 0 Å². The Morgan fingerprint density at radius 2 is 1.94 bits per heavy atom. The Hall–Kier alpha value is -1.36. The summed E-state index contributed by atoms with van der Waals surface area (Å²) in [6, 6.07) is 0. The zero-order valence-corrected chi connectivity index (χ0v) is 11.0. The fraction of sp³-hybridized carbons (Fsp3) is 0.667. The molecule has 0 radical (unpaired) electrons. The Morgan fingerprint density at radius 1 is 1.24 bits per heavy atom. The van der Waals surface area contributed by atoms with Crippen LogP contribution in [0.2, 0.25) is 0 Å². The third-order valence-electron chi connectivity index (χ3n) is 2.27. The van der Waals surface area contributed by atoms with Gasteiger partial charge >= 0.3 is 0 Å². The number of rotatable bonds is 6. The van der Waals surface area contributed by atoms with Gasteiger partial charge in [-0.1, -0.05) is 6.92 Å². The highest BCUT2D eigenvalue weighted by Crippen LogP contribution is 2.19. The van der Waals surface area contributed by atoms with E-state index in [1.165, 1.54) is 0 Å². The van der Waals surface area contributed by atoms with Gasteiger partial charge in [0.2, 0.25) is 5.88 Å². The average Bonchev–Trinajstić information content (AvgIpc) is 2.29. The molecule has 0 aromatic carbocycles. The molecule has 0 bridgehead atoms. The molecule has 0 unspecified atom stereocenters. The summed E-state index contributed by atoms with van der Waals surface area (Å²) >= 11 is 0. The molecule has 0 amide bonds. The van der Waals surface area contributed by atoms with Gasteiger partial charge in [-0.05, 0) is 20.8 Å². The van der Waals surface area contributed by atoms with Crippen molar-refractivity contribution in [2.75, 3.05) is 18.9 Å². The van der Waals surface area contributed by atoms with Crippen LogP contribution in [0.15, 0.2) is 0 Å². The van der Waals surface area contributed by atoms with Crippen LogP contribution in [0, 0.1) is 6.92 Å². The van der Waals surface area contributed by atoms with Gasteiger partial charge in [-0.25, -0.2) is 4.98 Å². The number of ether oxygens (including phenoxy) is 2. The lowest BCUT2D eigenvalue weighted by atomic mass is 10.3. The normalized spacial score (nSPS) is 10.9. The monoisotopic (exact) mass is 239 g/mol. The number of nitrogen functional groups attached to an aromatic ring is 1. The first-order valence-corrected chi connectivity index (χ1v) is 5.92. The van der Waals surface area contributed by atoms with Crippen LogP contribution in [-0.4, -0.2) is 29.3 Å². The largest absolute Gasteiger partial charge is 0.475 e. The molecule has 5 nitrogen and oxygen atoms in total. The van der Waals surface area contributed by atoms with Gasteiger partial charge in [0.15, 0.2) is 0 Å². The first-order valence-electron chi connectivity index (χ1n) is 5.92. The number of hydrogen-bond acceptors (Lipinski definition) is 5. The molecule has 2 N–H and O–H groups in total. The van der Waals surface area contributed by atoms with Crippen molar-refractivity contribution in [1.82, 2.24) is 9.97 Å². The lowest BCUT2D eigenvalue weighted by Crippen LogP contribution is -2.13.